The molecule has 0 aliphatic carbocycles. The summed E-state index contributed by atoms with van der Waals surface area (Å²) in [6.07, 6.45) is 0.223. The van der Waals surface area contributed by atoms with Gasteiger partial charge in [0.15, 0.2) is 0 Å². The van der Waals surface area contributed by atoms with E-state index in [0.29, 0.717) is 0 Å². The molecule has 3 nitrogen and oxygen atoms in total. The second-order valence-corrected chi connectivity index (χ2v) is 4.55. The molecular formula is C5H8IO3-. The van der Waals surface area contributed by atoms with Crippen molar-refractivity contribution in [2.24, 2.45) is 0 Å². The van der Waals surface area contributed by atoms with E-state index in [1.165, 1.54) is 0 Å². The fourth-order valence-electron chi connectivity index (χ4n) is 0.629. The summed E-state index contributed by atoms with van der Waals surface area (Å²) in [4.78, 5) is 10.2. The van der Waals surface area contributed by atoms with Gasteiger partial charge in [0.05, 0.1) is 0 Å². The summed E-state index contributed by atoms with van der Waals surface area (Å²) in [5, 5.41) is 8.43. The molecule has 0 bridgehead atoms. The van der Waals surface area contributed by atoms with Crippen molar-refractivity contribution < 1.29 is 35.8 Å². The quantitative estimate of drug-likeness (QED) is 0.392. The van der Waals surface area contributed by atoms with Crippen molar-refractivity contribution in [1.82, 2.24) is 0 Å². The van der Waals surface area contributed by atoms with Crippen molar-refractivity contribution in [2.45, 2.75) is 12.5 Å². The van der Waals surface area contributed by atoms with Crippen molar-refractivity contribution in [3.63, 3.8) is 0 Å². The van der Waals surface area contributed by atoms with Gasteiger partial charge in [0, 0.05) is 0 Å². The molecule has 0 aromatic carbocycles. The standard InChI is InChI=1S/C5H8IO3/c7-5(8)4-1-2-6-3-9-4/h4H,1-3H2,(H,7,8)/q-1. The Hall–Kier alpha value is 0.160. The Morgan fingerprint density at radius 2 is 2.56 bits per heavy atom. The first-order valence-corrected chi connectivity index (χ1v) is 5.73. The molecule has 0 spiro atoms. The fourth-order valence-corrected chi connectivity index (χ4v) is 2.64. The number of alkyl halides is 2. The van der Waals surface area contributed by atoms with E-state index in [2.05, 4.69) is 0 Å². The van der Waals surface area contributed by atoms with E-state index in [1.807, 2.05) is 0 Å². The molecule has 1 saturated heterocycles. The van der Waals surface area contributed by atoms with Gasteiger partial charge in [-0.1, -0.05) is 0 Å². The van der Waals surface area contributed by atoms with Crippen LogP contribution in [0.4, 0.5) is 0 Å². The monoisotopic (exact) mass is 243 g/mol. The van der Waals surface area contributed by atoms with Gasteiger partial charge in [-0.2, -0.15) is 0 Å². The first-order chi connectivity index (χ1) is 4.30. The maximum absolute atomic E-state index is 10.2. The predicted molar refractivity (Wildman–Crippen MR) is 26.9 cm³/mol. The van der Waals surface area contributed by atoms with Gasteiger partial charge >= 0.3 is 63.4 Å². The van der Waals surface area contributed by atoms with Gasteiger partial charge in [-0.15, -0.1) is 0 Å². The van der Waals surface area contributed by atoms with E-state index >= 15 is 0 Å². The van der Waals surface area contributed by atoms with Gasteiger partial charge < -0.3 is 0 Å². The van der Waals surface area contributed by atoms with E-state index in [4.69, 9.17) is 9.84 Å². The molecule has 0 aromatic rings. The number of ether oxygens (including phenoxy) is 1. The van der Waals surface area contributed by atoms with Gasteiger partial charge in [0.25, 0.3) is 0 Å². The first-order valence-electron chi connectivity index (χ1n) is 2.68. The van der Waals surface area contributed by atoms with E-state index in [1.54, 1.807) is 0 Å². The van der Waals surface area contributed by atoms with Gasteiger partial charge in [-0.25, -0.2) is 0 Å². The normalized spacial score (nSPS) is 28.7. The van der Waals surface area contributed by atoms with Gasteiger partial charge in [-0.05, 0) is 0 Å². The van der Waals surface area contributed by atoms with Crippen LogP contribution in [0.15, 0.2) is 0 Å². The minimum absolute atomic E-state index is 0.176. The Bertz CT molecular complexity index is 109. The Morgan fingerprint density at radius 1 is 1.78 bits per heavy atom. The predicted octanol–water partition coefficient (Wildman–Crippen LogP) is -3.09. The molecule has 54 valence electrons. The number of carbonyl (C=O) groups is 1. The first kappa shape index (κ1) is 7.27. The number of halogens is 1. The average molecular weight is 243 g/mol. The van der Waals surface area contributed by atoms with Gasteiger partial charge in [-0.3, -0.25) is 0 Å². The second-order valence-electron chi connectivity index (χ2n) is 1.77. The van der Waals surface area contributed by atoms with Crippen LogP contribution >= 0.6 is 0 Å². The van der Waals surface area contributed by atoms with Crippen molar-refractivity contribution in [1.29, 1.82) is 0 Å². The average Bonchev–Trinajstić information content (AvgIpc) is 1.90. The zero-order valence-electron chi connectivity index (χ0n) is 4.84. The van der Waals surface area contributed by atoms with Gasteiger partial charge in [0.1, 0.15) is 0 Å². The van der Waals surface area contributed by atoms with Crippen LogP contribution in [0.2, 0.25) is 0 Å². The Labute approximate surface area is 63.6 Å². The zero-order chi connectivity index (χ0) is 6.69. The molecule has 1 heterocycles. The number of carboxylic acids is 1. The molecule has 1 atom stereocenters. The van der Waals surface area contributed by atoms with E-state index < -0.39 is 12.1 Å². The summed E-state index contributed by atoms with van der Waals surface area (Å²) in [5.41, 5.74) is 0. The van der Waals surface area contributed by atoms with Crippen molar-refractivity contribution in [2.75, 3.05) is 9.04 Å². The maximum atomic E-state index is 10.2. The molecule has 1 fully saturated rings. The number of rotatable bonds is 1. The van der Waals surface area contributed by atoms with Crippen LogP contribution in [0, 0.1) is 0 Å². The third kappa shape index (κ3) is 2.09. The van der Waals surface area contributed by atoms with Crippen LogP contribution in [-0.4, -0.2) is 26.2 Å². The molecule has 1 unspecified atom stereocenters. The Kier molecular flexibility index (Phi) is 2.71. The molecular weight excluding hydrogens is 235 g/mol. The summed E-state index contributed by atoms with van der Waals surface area (Å²) in [5.74, 6) is -0.807. The van der Waals surface area contributed by atoms with Crippen molar-refractivity contribution >= 4 is 5.97 Å². The SMILES string of the molecule is O=C(O)C1CC[I-]CO1. The molecule has 0 amide bonds. The van der Waals surface area contributed by atoms with Crippen molar-refractivity contribution in [3.8, 4) is 0 Å². The topological polar surface area (TPSA) is 46.5 Å². The van der Waals surface area contributed by atoms with Crippen LogP contribution in [0.1, 0.15) is 6.42 Å². The molecule has 0 radical (unpaired) electrons. The zero-order valence-corrected chi connectivity index (χ0v) is 7.00. The van der Waals surface area contributed by atoms with Crippen LogP contribution in [0.3, 0.4) is 0 Å². The number of aliphatic carboxylic acids is 1. The second kappa shape index (κ2) is 3.36. The molecule has 4 heteroatoms. The van der Waals surface area contributed by atoms with E-state index in [-0.39, 0.29) is 21.2 Å². The van der Waals surface area contributed by atoms with Crippen LogP contribution in [-0.2, 0) is 9.53 Å². The molecule has 0 saturated carbocycles. The summed E-state index contributed by atoms with van der Waals surface area (Å²) in [6.45, 7) is 0. The Morgan fingerprint density at radius 3 is 2.89 bits per heavy atom. The molecule has 0 aromatic heterocycles. The van der Waals surface area contributed by atoms with Crippen molar-refractivity contribution in [3.05, 3.63) is 0 Å². The number of hydrogen-bond acceptors (Lipinski definition) is 2. The van der Waals surface area contributed by atoms with Gasteiger partial charge in [0.2, 0.25) is 0 Å². The van der Waals surface area contributed by atoms with E-state index in [0.717, 1.165) is 15.5 Å². The third-order valence-electron chi connectivity index (χ3n) is 1.12. The molecule has 1 N–H and O–H groups in total. The molecule has 1 aliphatic rings. The summed E-state index contributed by atoms with van der Waals surface area (Å²) >= 11 is 0.176. The van der Waals surface area contributed by atoms with Crippen LogP contribution < -0.4 is 21.2 Å². The van der Waals surface area contributed by atoms with Crippen LogP contribution in [0.25, 0.3) is 0 Å². The third-order valence-corrected chi connectivity index (χ3v) is 3.31. The summed E-state index contributed by atoms with van der Waals surface area (Å²) in [7, 11) is 0. The molecule has 1 rings (SSSR count). The number of hydrogen-bond donors (Lipinski definition) is 1. The summed E-state index contributed by atoms with van der Waals surface area (Å²) < 4.78 is 6.80. The van der Waals surface area contributed by atoms with Crippen LogP contribution in [0.5, 0.6) is 0 Å². The minimum atomic E-state index is -0.807. The molecule has 1 aliphatic heterocycles. The summed E-state index contributed by atoms with van der Waals surface area (Å²) in [6, 6.07) is 0. The fraction of sp³-hybridized carbons (Fsp3) is 0.800. The van der Waals surface area contributed by atoms with E-state index in [9.17, 15) is 4.79 Å². The molecule has 9 heavy (non-hydrogen) atoms. The number of carboxylic acid groups (broad SMARTS) is 1. The Balaban J connectivity index is 2.31.